The number of ether oxygens (including phenoxy) is 4. The first kappa shape index (κ1) is 28.5. The molecule has 0 bridgehead atoms. The van der Waals surface area contributed by atoms with E-state index in [0.717, 1.165) is 11.3 Å². The van der Waals surface area contributed by atoms with E-state index in [-0.39, 0.29) is 18.1 Å². The van der Waals surface area contributed by atoms with Crippen LogP contribution in [0.2, 0.25) is 0 Å². The predicted molar refractivity (Wildman–Crippen MR) is 143 cm³/mol. The zero-order valence-electron chi connectivity index (χ0n) is 22.4. The van der Waals surface area contributed by atoms with Crippen LogP contribution < -0.4 is 4.74 Å². The van der Waals surface area contributed by atoms with Gasteiger partial charge in [0, 0.05) is 13.0 Å². The summed E-state index contributed by atoms with van der Waals surface area (Å²) in [7, 11) is 3.28. The second kappa shape index (κ2) is 11.5. The Morgan fingerprint density at radius 3 is 2.53 bits per heavy atom. The third kappa shape index (κ3) is 6.82. The van der Waals surface area contributed by atoms with Crippen LogP contribution in [0.3, 0.4) is 0 Å². The minimum Gasteiger partial charge on any atom is -0.497 e. The molecule has 8 nitrogen and oxygen atoms in total. The third-order valence-electron chi connectivity index (χ3n) is 6.43. The fourth-order valence-electron chi connectivity index (χ4n) is 4.53. The molecule has 1 aromatic carbocycles. The molecule has 2 heterocycles. The summed E-state index contributed by atoms with van der Waals surface area (Å²) in [5.41, 5.74) is -1.01. The maximum absolute atomic E-state index is 12.6. The van der Waals surface area contributed by atoms with Gasteiger partial charge in [-0.3, -0.25) is 9.89 Å². The van der Waals surface area contributed by atoms with Crippen molar-refractivity contribution in [2.24, 2.45) is 10.9 Å². The Labute approximate surface area is 219 Å². The molecule has 1 saturated heterocycles. The van der Waals surface area contributed by atoms with Crippen molar-refractivity contribution in [1.82, 2.24) is 4.90 Å². The molecule has 0 spiro atoms. The van der Waals surface area contributed by atoms with Crippen molar-refractivity contribution in [3.8, 4) is 5.75 Å². The Balaban J connectivity index is 1.75. The van der Waals surface area contributed by atoms with Crippen LogP contribution in [0, 0.1) is 5.92 Å². The topological polar surface area (TPSA) is 89.8 Å². The minimum atomic E-state index is -1.11. The number of carbonyl (C=O) groups excluding carboxylic acids is 1. The number of nitrogens with zero attached hydrogens (tertiary/aromatic N) is 2. The van der Waals surface area contributed by atoms with Crippen LogP contribution in [-0.4, -0.2) is 76.9 Å². The lowest BCUT2D eigenvalue weighted by molar-refractivity contribution is -0.195. The number of fused-ring (bicyclic) bond motifs is 1. The van der Waals surface area contributed by atoms with Crippen LogP contribution in [-0.2, 0) is 20.6 Å². The Morgan fingerprint density at radius 1 is 1.28 bits per heavy atom. The van der Waals surface area contributed by atoms with Gasteiger partial charge in [-0.2, -0.15) is 0 Å². The normalized spacial score (nSPS) is 27.4. The summed E-state index contributed by atoms with van der Waals surface area (Å²) in [6.07, 6.45) is 1.62. The molecule has 200 valence electrons. The van der Waals surface area contributed by atoms with E-state index < -0.39 is 28.8 Å². The Hall–Kier alpha value is -2.07. The largest absolute Gasteiger partial charge is 0.497 e. The number of hydrogen-bond acceptors (Lipinski definition) is 8. The van der Waals surface area contributed by atoms with Crippen LogP contribution in [0.25, 0.3) is 0 Å². The molecule has 1 aromatic rings. The van der Waals surface area contributed by atoms with Gasteiger partial charge in [-0.05, 0) is 58.2 Å². The molecule has 0 radical (unpaired) electrons. The van der Waals surface area contributed by atoms with Gasteiger partial charge in [0.25, 0.3) is 0 Å². The van der Waals surface area contributed by atoms with E-state index >= 15 is 0 Å². The molecule has 1 fully saturated rings. The number of aliphatic hydroxyl groups is 1. The third-order valence-corrected chi connectivity index (χ3v) is 7.64. The lowest BCUT2D eigenvalue weighted by Gasteiger charge is -2.47. The summed E-state index contributed by atoms with van der Waals surface area (Å²) in [4.78, 5) is 18.8. The predicted octanol–water partition coefficient (Wildman–Crippen LogP) is 4.65. The molecule has 3 rings (SSSR count). The molecular formula is C27H40N2O6S. The maximum atomic E-state index is 12.6. The number of rotatable bonds is 8. The lowest BCUT2D eigenvalue weighted by Crippen LogP contribution is -2.59. The summed E-state index contributed by atoms with van der Waals surface area (Å²) in [5.74, 6) is 0.654. The molecule has 0 saturated carbocycles. The average molecular weight is 521 g/mol. The van der Waals surface area contributed by atoms with Crippen LogP contribution in [0.1, 0.15) is 46.6 Å². The first-order valence-electron chi connectivity index (χ1n) is 12.3. The van der Waals surface area contributed by atoms with Gasteiger partial charge in [0.15, 0.2) is 5.17 Å². The summed E-state index contributed by atoms with van der Waals surface area (Å²) in [6.45, 7) is 13.4. The zero-order chi connectivity index (χ0) is 26.7. The molecule has 1 N–H and O–H groups in total. The van der Waals surface area contributed by atoms with Crippen molar-refractivity contribution in [1.29, 1.82) is 0 Å². The molecule has 9 heteroatoms. The number of carbonyl (C=O) groups is 1. The van der Waals surface area contributed by atoms with E-state index in [1.54, 1.807) is 20.2 Å². The van der Waals surface area contributed by atoms with Crippen molar-refractivity contribution in [3.05, 3.63) is 42.5 Å². The fraction of sp³-hybridized carbons (Fsp3) is 0.630. The first-order chi connectivity index (χ1) is 16.9. The summed E-state index contributed by atoms with van der Waals surface area (Å²) < 4.78 is 23.4. The summed E-state index contributed by atoms with van der Waals surface area (Å²) >= 11 is 1.36. The number of hydrogen-bond donors (Lipinski definition) is 1. The van der Waals surface area contributed by atoms with Crippen LogP contribution in [0.4, 0.5) is 4.79 Å². The van der Waals surface area contributed by atoms with E-state index in [2.05, 4.69) is 6.58 Å². The highest BCUT2D eigenvalue weighted by Crippen LogP contribution is 2.44. The van der Waals surface area contributed by atoms with E-state index in [0.29, 0.717) is 24.6 Å². The number of thioether (sulfide) groups is 1. The number of methoxy groups -OCH3 is 1. The Kier molecular flexibility index (Phi) is 9.14. The number of benzene rings is 1. The van der Waals surface area contributed by atoms with Gasteiger partial charge >= 0.3 is 6.09 Å². The fourth-order valence-corrected chi connectivity index (χ4v) is 5.68. The molecule has 0 aliphatic carbocycles. The van der Waals surface area contributed by atoms with E-state index in [9.17, 15) is 9.90 Å². The van der Waals surface area contributed by atoms with Gasteiger partial charge < -0.3 is 24.1 Å². The van der Waals surface area contributed by atoms with Crippen molar-refractivity contribution >= 4 is 23.0 Å². The molecular weight excluding hydrogens is 480 g/mol. The van der Waals surface area contributed by atoms with Crippen molar-refractivity contribution in [2.75, 3.05) is 20.8 Å². The van der Waals surface area contributed by atoms with Gasteiger partial charge in [0.1, 0.15) is 22.8 Å². The standard InChI is InChI=1S/C27H40N2O6S/c1-9-16-33-21-17(2)22(27(6,31)15-14-18-10-12-19(32-8)13-11-18)34-23-20(21)28-24(36-23)29(7)25(30)35-26(3,4)5/h9-13,17,20-23,31H,1,14-16H2,2-8H3/t17-,20+,21-,22-,23+,27?/m0/s1. The molecule has 2 aliphatic rings. The zero-order valence-corrected chi connectivity index (χ0v) is 23.2. The highest BCUT2D eigenvalue weighted by atomic mass is 32.2. The SMILES string of the molecule is C=CCO[C@H]1[C@H](C)[C@@H](C(C)(O)CCc2ccc(OC)cc2)O[C@@H]2SC(N(C)C(=O)OC(C)(C)C)=N[C@H]12. The molecule has 1 amide bonds. The monoisotopic (exact) mass is 520 g/mol. The maximum Gasteiger partial charge on any atom is 0.416 e. The van der Waals surface area contributed by atoms with Gasteiger partial charge in [-0.25, -0.2) is 4.79 Å². The molecule has 2 aliphatic heterocycles. The highest BCUT2D eigenvalue weighted by Gasteiger charge is 2.53. The molecule has 1 unspecified atom stereocenters. The van der Waals surface area contributed by atoms with Crippen molar-refractivity contribution < 1.29 is 28.8 Å². The second-order valence-corrected chi connectivity index (χ2v) is 11.7. The summed E-state index contributed by atoms with van der Waals surface area (Å²) in [6, 6.07) is 7.53. The van der Waals surface area contributed by atoms with Crippen molar-refractivity contribution in [2.45, 2.75) is 82.3 Å². The number of aryl methyl sites for hydroxylation is 1. The Morgan fingerprint density at radius 2 is 1.94 bits per heavy atom. The number of aliphatic imine (C=N–C) groups is 1. The van der Waals surface area contributed by atoms with Gasteiger partial charge in [0.05, 0.1) is 31.5 Å². The van der Waals surface area contributed by atoms with Gasteiger partial charge in [0.2, 0.25) is 0 Å². The quantitative estimate of drug-likeness (QED) is 0.499. The minimum absolute atomic E-state index is 0.146. The second-order valence-electron chi connectivity index (χ2n) is 10.6. The van der Waals surface area contributed by atoms with Crippen LogP contribution >= 0.6 is 11.8 Å². The Bertz CT molecular complexity index is 943. The highest BCUT2D eigenvalue weighted by molar-refractivity contribution is 8.14. The molecule has 0 aromatic heterocycles. The summed E-state index contributed by atoms with van der Waals surface area (Å²) in [5, 5.41) is 12.1. The molecule has 6 atom stereocenters. The number of amides is 1. The first-order valence-corrected chi connectivity index (χ1v) is 13.2. The van der Waals surface area contributed by atoms with Crippen LogP contribution in [0.15, 0.2) is 41.9 Å². The average Bonchev–Trinajstić information content (AvgIpc) is 3.24. The van der Waals surface area contributed by atoms with Gasteiger partial charge in [-0.1, -0.05) is 36.9 Å². The van der Waals surface area contributed by atoms with E-state index in [1.807, 2.05) is 58.9 Å². The van der Waals surface area contributed by atoms with Gasteiger partial charge in [-0.15, -0.1) is 6.58 Å². The lowest BCUT2D eigenvalue weighted by atomic mass is 9.79. The molecule has 36 heavy (non-hydrogen) atoms. The van der Waals surface area contributed by atoms with E-state index in [4.69, 9.17) is 23.9 Å². The number of amidine groups is 1. The van der Waals surface area contributed by atoms with Crippen LogP contribution in [0.5, 0.6) is 5.75 Å². The van der Waals surface area contributed by atoms with Crippen molar-refractivity contribution in [3.63, 3.8) is 0 Å². The smallest absolute Gasteiger partial charge is 0.416 e. The van der Waals surface area contributed by atoms with E-state index in [1.165, 1.54) is 16.7 Å².